The van der Waals surface area contributed by atoms with Crippen molar-refractivity contribution in [3.63, 3.8) is 0 Å². The maximum atomic E-state index is 12.7. The fourth-order valence-electron chi connectivity index (χ4n) is 1.79. The molecule has 0 aromatic heterocycles. The summed E-state index contributed by atoms with van der Waals surface area (Å²) in [5, 5.41) is -0.188. The molecule has 1 aliphatic rings. The van der Waals surface area contributed by atoms with Crippen LogP contribution in [0.2, 0.25) is 0 Å². The van der Waals surface area contributed by atoms with Crippen LogP contribution in [0.3, 0.4) is 0 Å². The average Bonchev–Trinajstić information content (AvgIpc) is 2.29. The van der Waals surface area contributed by atoms with Crippen LogP contribution in [0, 0.1) is 0 Å². The Kier molecular flexibility index (Phi) is 5.31. The van der Waals surface area contributed by atoms with E-state index in [0.717, 1.165) is 37.3 Å². The first kappa shape index (κ1) is 14.4. The van der Waals surface area contributed by atoms with Gasteiger partial charge >= 0.3 is 6.18 Å². The van der Waals surface area contributed by atoms with Crippen LogP contribution in [0.4, 0.5) is 13.2 Å². The van der Waals surface area contributed by atoms with E-state index in [0.29, 0.717) is 6.42 Å². The third kappa shape index (κ3) is 4.58. The van der Waals surface area contributed by atoms with Crippen LogP contribution in [-0.2, 0) is 0 Å². The monoisotopic (exact) mass is 264 g/mol. The Bertz CT molecular complexity index is 348. The van der Waals surface area contributed by atoms with Crippen LogP contribution in [0.15, 0.2) is 34.4 Å². The van der Waals surface area contributed by atoms with Crippen molar-refractivity contribution in [2.45, 2.75) is 45.2 Å². The number of halogens is 4. The molecule has 1 rings (SSSR count). The zero-order chi connectivity index (χ0) is 12.9. The van der Waals surface area contributed by atoms with Gasteiger partial charge in [-0.05, 0) is 31.8 Å². The molecule has 96 valence electrons. The highest BCUT2D eigenvalue weighted by atomic mass is 35.5. The van der Waals surface area contributed by atoms with E-state index in [9.17, 15) is 13.2 Å². The second-order valence-corrected chi connectivity index (χ2v) is 4.50. The molecule has 0 saturated heterocycles. The standard InChI is InChI=1S/C13H16ClF3/c1-2-5-10-6-3-4-7-12(14)11(9-8-10)13(15,16)17/h7-9H,2-6H2,1H3/b10-8-,11-9+,12-7-. The van der Waals surface area contributed by atoms with Gasteiger partial charge in [0, 0.05) is 5.03 Å². The first-order chi connectivity index (χ1) is 7.95. The van der Waals surface area contributed by atoms with Gasteiger partial charge in [0.15, 0.2) is 0 Å². The van der Waals surface area contributed by atoms with Gasteiger partial charge in [-0.2, -0.15) is 13.2 Å². The highest BCUT2D eigenvalue weighted by molar-refractivity contribution is 6.32. The second kappa shape index (κ2) is 6.29. The Morgan fingerprint density at radius 2 is 2.00 bits per heavy atom. The fraction of sp³-hybridized carbons (Fsp3) is 0.538. The molecule has 0 N–H and O–H groups in total. The maximum absolute atomic E-state index is 12.7. The molecule has 0 saturated carbocycles. The minimum atomic E-state index is -4.38. The van der Waals surface area contributed by atoms with Gasteiger partial charge < -0.3 is 0 Å². The van der Waals surface area contributed by atoms with E-state index in [1.54, 1.807) is 6.08 Å². The lowest BCUT2D eigenvalue weighted by Crippen LogP contribution is -2.12. The lowest BCUT2D eigenvalue weighted by Gasteiger charge is -2.09. The molecule has 0 nitrogen and oxygen atoms in total. The highest BCUT2D eigenvalue weighted by Gasteiger charge is 2.35. The predicted octanol–water partition coefficient (Wildman–Crippen LogP) is 5.51. The smallest absolute Gasteiger partial charge is 0.166 e. The Morgan fingerprint density at radius 1 is 1.29 bits per heavy atom. The minimum Gasteiger partial charge on any atom is -0.166 e. The van der Waals surface area contributed by atoms with Crippen LogP contribution < -0.4 is 0 Å². The minimum absolute atomic E-state index is 0.188. The van der Waals surface area contributed by atoms with E-state index in [1.165, 1.54) is 6.08 Å². The van der Waals surface area contributed by atoms with Crippen molar-refractivity contribution in [1.29, 1.82) is 0 Å². The topological polar surface area (TPSA) is 0 Å². The van der Waals surface area contributed by atoms with Crippen LogP contribution in [0.25, 0.3) is 0 Å². The van der Waals surface area contributed by atoms with Gasteiger partial charge in [-0.15, -0.1) is 0 Å². The van der Waals surface area contributed by atoms with Gasteiger partial charge in [0.25, 0.3) is 0 Å². The van der Waals surface area contributed by atoms with E-state index in [2.05, 4.69) is 0 Å². The van der Waals surface area contributed by atoms with Crippen molar-refractivity contribution in [2.24, 2.45) is 0 Å². The van der Waals surface area contributed by atoms with E-state index in [4.69, 9.17) is 11.6 Å². The molecule has 0 aromatic carbocycles. The quantitative estimate of drug-likeness (QED) is 0.617. The molecule has 0 spiro atoms. The van der Waals surface area contributed by atoms with Gasteiger partial charge in [-0.25, -0.2) is 0 Å². The predicted molar refractivity (Wildman–Crippen MR) is 64.9 cm³/mol. The molecule has 0 fully saturated rings. The molecule has 0 aliphatic heterocycles. The Morgan fingerprint density at radius 3 is 2.59 bits per heavy atom. The van der Waals surface area contributed by atoms with E-state index in [1.807, 2.05) is 6.92 Å². The molecule has 0 amide bonds. The lowest BCUT2D eigenvalue weighted by molar-refractivity contribution is -0.0886. The number of hydrogen-bond donors (Lipinski definition) is 0. The van der Waals surface area contributed by atoms with Gasteiger partial charge in [0.1, 0.15) is 0 Å². The van der Waals surface area contributed by atoms with Crippen molar-refractivity contribution < 1.29 is 13.2 Å². The summed E-state index contributed by atoms with van der Waals surface area (Å²) in [5.74, 6) is 0. The van der Waals surface area contributed by atoms with Gasteiger partial charge in [0.05, 0.1) is 5.57 Å². The normalized spacial score (nSPS) is 27.7. The van der Waals surface area contributed by atoms with Crippen LogP contribution in [0.5, 0.6) is 0 Å². The molecule has 4 heteroatoms. The van der Waals surface area contributed by atoms with Crippen molar-refractivity contribution in [3.8, 4) is 0 Å². The van der Waals surface area contributed by atoms with Crippen molar-refractivity contribution >= 4 is 11.6 Å². The van der Waals surface area contributed by atoms with Crippen molar-refractivity contribution in [1.82, 2.24) is 0 Å². The Labute approximate surface area is 105 Å². The summed E-state index contributed by atoms with van der Waals surface area (Å²) >= 11 is 5.69. The number of rotatable bonds is 2. The van der Waals surface area contributed by atoms with Gasteiger partial charge in [0.2, 0.25) is 0 Å². The molecule has 0 bridgehead atoms. The summed E-state index contributed by atoms with van der Waals surface area (Å²) in [7, 11) is 0. The molecule has 0 aromatic rings. The first-order valence-electron chi connectivity index (χ1n) is 5.78. The number of alkyl halides is 3. The summed E-state index contributed by atoms with van der Waals surface area (Å²) in [5.41, 5.74) is 0.323. The first-order valence-corrected chi connectivity index (χ1v) is 6.16. The fourth-order valence-corrected chi connectivity index (χ4v) is 2.07. The van der Waals surface area contributed by atoms with E-state index < -0.39 is 11.7 Å². The Hall–Kier alpha value is -0.700. The number of allylic oxidation sites excluding steroid dienone is 6. The Balaban J connectivity index is 3.05. The van der Waals surface area contributed by atoms with E-state index in [-0.39, 0.29) is 5.03 Å². The zero-order valence-corrected chi connectivity index (χ0v) is 10.5. The average molecular weight is 265 g/mol. The summed E-state index contributed by atoms with van der Waals surface area (Å²) in [6.45, 7) is 2.02. The highest BCUT2D eigenvalue weighted by Crippen LogP contribution is 2.34. The van der Waals surface area contributed by atoms with Gasteiger partial charge in [-0.1, -0.05) is 42.7 Å². The molecular weight excluding hydrogens is 249 g/mol. The summed E-state index contributed by atoms with van der Waals surface area (Å²) in [6, 6.07) is 0. The molecular formula is C13H16ClF3. The molecule has 0 heterocycles. The molecule has 0 radical (unpaired) electrons. The van der Waals surface area contributed by atoms with Crippen LogP contribution >= 0.6 is 11.6 Å². The third-order valence-corrected chi connectivity index (χ3v) is 3.00. The van der Waals surface area contributed by atoms with E-state index >= 15 is 0 Å². The van der Waals surface area contributed by atoms with Crippen LogP contribution in [0.1, 0.15) is 39.0 Å². The van der Waals surface area contributed by atoms with Crippen molar-refractivity contribution in [2.75, 3.05) is 0 Å². The molecule has 17 heavy (non-hydrogen) atoms. The second-order valence-electron chi connectivity index (χ2n) is 4.10. The van der Waals surface area contributed by atoms with Crippen LogP contribution in [-0.4, -0.2) is 6.18 Å². The van der Waals surface area contributed by atoms with Crippen molar-refractivity contribution in [3.05, 3.63) is 34.4 Å². The summed E-state index contributed by atoms with van der Waals surface area (Å²) in [6.07, 6.45) is 3.84. The maximum Gasteiger partial charge on any atom is 0.417 e. The largest absolute Gasteiger partial charge is 0.417 e. The van der Waals surface area contributed by atoms with Gasteiger partial charge in [-0.3, -0.25) is 0 Å². The molecule has 0 unspecified atom stereocenters. The molecule has 0 atom stereocenters. The zero-order valence-electron chi connectivity index (χ0n) is 9.78. The number of hydrogen-bond acceptors (Lipinski definition) is 0. The summed E-state index contributed by atoms with van der Waals surface area (Å²) in [4.78, 5) is 0. The third-order valence-electron chi connectivity index (χ3n) is 2.65. The SMILES string of the molecule is CCC/C1=C/C=C(C(F)(F)F)\C(Cl)=C\CCC1. The summed E-state index contributed by atoms with van der Waals surface area (Å²) < 4.78 is 38.2. The lowest BCUT2D eigenvalue weighted by atomic mass is 10.0. The molecule has 1 aliphatic carbocycles.